The van der Waals surface area contributed by atoms with Crippen molar-refractivity contribution < 1.29 is 4.74 Å². The van der Waals surface area contributed by atoms with Crippen molar-refractivity contribution in [2.75, 3.05) is 7.11 Å². The normalized spacial score (nSPS) is 10.8. The SMILES string of the molecule is COc1ccccc1CNCc1nccn1Cc1cc(Cl)cc(Cl)c1. The number of rotatable bonds is 7. The van der Waals surface area contributed by atoms with Crippen molar-refractivity contribution in [1.29, 1.82) is 0 Å². The summed E-state index contributed by atoms with van der Waals surface area (Å²) in [5.74, 6) is 1.83. The van der Waals surface area contributed by atoms with Gasteiger partial charge < -0.3 is 14.6 Å². The van der Waals surface area contributed by atoms with Gasteiger partial charge in [0, 0.05) is 41.1 Å². The van der Waals surface area contributed by atoms with E-state index < -0.39 is 0 Å². The molecule has 1 heterocycles. The number of aromatic nitrogens is 2. The number of benzene rings is 2. The van der Waals surface area contributed by atoms with Gasteiger partial charge in [-0.25, -0.2) is 4.98 Å². The van der Waals surface area contributed by atoms with E-state index in [1.165, 1.54) is 0 Å². The van der Waals surface area contributed by atoms with Gasteiger partial charge in [-0.3, -0.25) is 0 Å². The Kier molecular flexibility index (Phi) is 5.97. The number of nitrogens with one attached hydrogen (secondary N) is 1. The van der Waals surface area contributed by atoms with Crippen molar-refractivity contribution in [1.82, 2.24) is 14.9 Å². The molecule has 1 N–H and O–H groups in total. The zero-order chi connectivity index (χ0) is 17.6. The Balaban J connectivity index is 1.64. The fourth-order valence-corrected chi connectivity index (χ4v) is 3.28. The van der Waals surface area contributed by atoms with Crippen LogP contribution in [0.15, 0.2) is 54.9 Å². The number of hydrogen-bond donors (Lipinski definition) is 1. The first-order chi connectivity index (χ1) is 12.2. The van der Waals surface area contributed by atoms with Crippen LogP contribution in [0.1, 0.15) is 17.0 Å². The Morgan fingerprint density at radius 1 is 1.08 bits per heavy atom. The van der Waals surface area contributed by atoms with E-state index in [-0.39, 0.29) is 0 Å². The lowest BCUT2D eigenvalue weighted by Crippen LogP contribution is -2.17. The minimum atomic E-state index is 0.637. The molecule has 130 valence electrons. The van der Waals surface area contributed by atoms with Crippen LogP contribution in [-0.4, -0.2) is 16.7 Å². The zero-order valence-electron chi connectivity index (χ0n) is 13.9. The second-order valence-corrected chi connectivity index (χ2v) is 6.54. The molecular weight excluding hydrogens is 357 g/mol. The lowest BCUT2D eigenvalue weighted by Gasteiger charge is -2.11. The third-order valence-corrected chi connectivity index (χ3v) is 4.30. The molecule has 1 aromatic heterocycles. The summed E-state index contributed by atoms with van der Waals surface area (Å²) in [6.45, 7) is 2.03. The number of ether oxygens (including phenoxy) is 1. The standard InChI is InChI=1S/C19H19Cl2N3O/c1-25-18-5-3-2-4-15(18)11-22-12-19-23-6-7-24(19)13-14-8-16(20)10-17(21)9-14/h2-10,22H,11-13H2,1H3. The van der Waals surface area contributed by atoms with Gasteiger partial charge in [0.2, 0.25) is 0 Å². The van der Waals surface area contributed by atoms with Crippen molar-refractivity contribution in [2.24, 2.45) is 0 Å². The molecule has 2 aromatic carbocycles. The monoisotopic (exact) mass is 375 g/mol. The predicted octanol–water partition coefficient (Wildman–Crippen LogP) is 4.54. The van der Waals surface area contributed by atoms with Crippen LogP contribution in [0.4, 0.5) is 0 Å². The Labute approximate surface area is 157 Å². The quantitative estimate of drug-likeness (QED) is 0.658. The summed E-state index contributed by atoms with van der Waals surface area (Å²) < 4.78 is 7.45. The first kappa shape index (κ1) is 17.8. The third-order valence-electron chi connectivity index (χ3n) is 3.87. The molecule has 0 spiro atoms. The molecule has 0 aliphatic heterocycles. The molecule has 0 amide bonds. The summed E-state index contributed by atoms with van der Waals surface area (Å²) in [4.78, 5) is 4.43. The highest BCUT2D eigenvalue weighted by Crippen LogP contribution is 2.20. The maximum absolute atomic E-state index is 6.08. The van der Waals surface area contributed by atoms with Crippen molar-refractivity contribution in [3.8, 4) is 5.75 Å². The van der Waals surface area contributed by atoms with Crippen molar-refractivity contribution in [3.63, 3.8) is 0 Å². The van der Waals surface area contributed by atoms with Crippen LogP contribution in [-0.2, 0) is 19.6 Å². The largest absolute Gasteiger partial charge is 0.496 e. The van der Waals surface area contributed by atoms with E-state index in [0.717, 1.165) is 22.7 Å². The molecule has 25 heavy (non-hydrogen) atoms. The van der Waals surface area contributed by atoms with E-state index in [1.54, 1.807) is 19.4 Å². The van der Waals surface area contributed by atoms with E-state index in [1.807, 2.05) is 42.6 Å². The molecule has 0 saturated carbocycles. The molecule has 4 nitrogen and oxygen atoms in total. The molecule has 0 fully saturated rings. The molecule has 3 aromatic rings. The minimum Gasteiger partial charge on any atom is -0.496 e. The van der Waals surface area contributed by atoms with Gasteiger partial charge in [-0.2, -0.15) is 0 Å². The Morgan fingerprint density at radius 3 is 2.60 bits per heavy atom. The second kappa shape index (κ2) is 8.39. The lowest BCUT2D eigenvalue weighted by atomic mass is 10.2. The van der Waals surface area contributed by atoms with Crippen molar-refractivity contribution in [3.05, 3.63) is 81.9 Å². The number of halogens is 2. The van der Waals surface area contributed by atoms with E-state index in [9.17, 15) is 0 Å². The molecule has 0 aliphatic rings. The van der Waals surface area contributed by atoms with Crippen LogP contribution >= 0.6 is 23.2 Å². The van der Waals surface area contributed by atoms with Gasteiger partial charge in [0.15, 0.2) is 0 Å². The fraction of sp³-hybridized carbons (Fsp3) is 0.211. The van der Waals surface area contributed by atoms with E-state index in [0.29, 0.717) is 29.7 Å². The molecule has 0 bridgehead atoms. The number of hydrogen-bond acceptors (Lipinski definition) is 3. The fourth-order valence-electron chi connectivity index (χ4n) is 2.71. The second-order valence-electron chi connectivity index (χ2n) is 5.66. The molecule has 6 heteroatoms. The zero-order valence-corrected chi connectivity index (χ0v) is 15.4. The van der Waals surface area contributed by atoms with Gasteiger partial charge in [0.25, 0.3) is 0 Å². The summed E-state index contributed by atoms with van der Waals surface area (Å²) >= 11 is 12.2. The number of nitrogens with zero attached hydrogens (tertiary/aromatic N) is 2. The van der Waals surface area contributed by atoms with Crippen LogP contribution in [0.25, 0.3) is 0 Å². The highest BCUT2D eigenvalue weighted by molar-refractivity contribution is 6.34. The molecule has 0 atom stereocenters. The van der Waals surface area contributed by atoms with Gasteiger partial charge in [0.05, 0.1) is 13.7 Å². The number of imidazole rings is 1. The Morgan fingerprint density at radius 2 is 1.84 bits per heavy atom. The van der Waals surface area contributed by atoms with Crippen molar-refractivity contribution >= 4 is 23.2 Å². The van der Waals surface area contributed by atoms with Gasteiger partial charge in [0.1, 0.15) is 11.6 Å². The first-order valence-corrected chi connectivity index (χ1v) is 8.69. The number of methoxy groups -OCH3 is 1. The maximum atomic E-state index is 6.08. The third kappa shape index (κ3) is 4.75. The molecule has 0 radical (unpaired) electrons. The molecule has 0 aliphatic carbocycles. The van der Waals surface area contributed by atoms with Gasteiger partial charge in [-0.05, 0) is 29.8 Å². The van der Waals surface area contributed by atoms with Crippen LogP contribution in [0.5, 0.6) is 5.75 Å². The smallest absolute Gasteiger partial charge is 0.123 e. The van der Waals surface area contributed by atoms with Crippen LogP contribution < -0.4 is 10.1 Å². The summed E-state index contributed by atoms with van der Waals surface area (Å²) in [6.07, 6.45) is 3.75. The molecule has 3 rings (SSSR count). The Hall–Kier alpha value is -2.01. The van der Waals surface area contributed by atoms with Crippen molar-refractivity contribution in [2.45, 2.75) is 19.6 Å². The van der Waals surface area contributed by atoms with E-state index in [4.69, 9.17) is 27.9 Å². The predicted molar refractivity (Wildman–Crippen MR) is 101 cm³/mol. The lowest BCUT2D eigenvalue weighted by molar-refractivity contribution is 0.407. The molecular formula is C19H19Cl2N3O. The van der Waals surface area contributed by atoms with Gasteiger partial charge in [-0.15, -0.1) is 0 Å². The van der Waals surface area contributed by atoms with E-state index >= 15 is 0 Å². The summed E-state index contributed by atoms with van der Waals surface area (Å²) in [5, 5.41) is 4.69. The van der Waals surface area contributed by atoms with Crippen LogP contribution in [0.3, 0.4) is 0 Å². The summed E-state index contributed by atoms with van der Waals surface area (Å²) in [5.41, 5.74) is 2.16. The minimum absolute atomic E-state index is 0.637. The van der Waals surface area contributed by atoms with E-state index in [2.05, 4.69) is 14.9 Å². The molecule has 0 saturated heterocycles. The molecule has 0 unspecified atom stereocenters. The van der Waals surface area contributed by atoms with Gasteiger partial charge in [-0.1, -0.05) is 41.4 Å². The highest BCUT2D eigenvalue weighted by Gasteiger charge is 2.06. The van der Waals surface area contributed by atoms with Gasteiger partial charge >= 0.3 is 0 Å². The van der Waals surface area contributed by atoms with Crippen LogP contribution in [0, 0.1) is 0 Å². The topological polar surface area (TPSA) is 39.1 Å². The van der Waals surface area contributed by atoms with Crippen LogP contribution in [0.2, 0.25) is 10.0 Å². The Bertz CT molecular complexity index is 828. The number of para-hydroxylation sites is 1. The average Bonchev–Trinajstić information content (AvgIpc) is 3.01. The summed E-state index contributed by atoms with van der Waals surface area (Å²) in [6, 6.07) is 13.5. The highest BCUT2D eigenvalue weighted by atomic mass is 35.5. The maximum Gasteiger partial charge on any atom is 0.123 e. The summed E-state index contributed by atoms with van der Waals surface area (Å²) in [7, 11) is 1.68. The first-order valence-electron chi connectivity index (χ1n) is 7.93. The average molecular weight is 376 g/mol.